The number of nitrogen functional groups attached to an aromatic ring is 1. The van der Waals surface area contributed by atoms with Crippen molar-refractivity contribution in [3.05, 3.63) is 54.7 Å². The van der Waals surface area contributed by atoms with E-state index in [0.29, 0.717) is 28.3 Å². The lowest BCUT2D eigenvalue weighted by Crippen LogP contribution is -2.13. The second-order valence-corrected chi connectivity index (χ2v) is 5.28. The summed E-state index contributed by atoms with van der Waals surface area (Å²) in [5, 5.41) is 11.9. The number of benzene rings is 1. The smallest absolute Gasteiger partial charge is 0.411 e. The maximum absolute atomic E-state index is 11.4. The van der Waals surface area contributed by atoms with Gasteiger partial charge in [0.1, 0.15) is 5.92 Å². The van der Waals surface area contributed by atoms with Gasteiger partial charge in [-0.25, -0.2) is 4.79 Å². The van der Waals surface area contributed by atoms with E-state index in [4.69, 9.17) is 5.73 Å². The predicted molar refractivity (Wildman–Crippen MR) is 95.3 cm³/mol. The average molecular weight is 341 g/mol. The van der Waals surface area contributed by atoms with E-state index in [2.05, 4.69) is 21.6 Å². The molecule has 0 aliphatic heterocycles. The fraction of sp³-hybridized carbons (Fsp3) is 0.167. The van der Waals surface area contributed by atoms with Gasteiger partial charge in [0.05, 0.1) is 18.5 Å². The summed E-state index contributed by atoms with van der Waals surface area (Å²) in [6.45, 7) is 3.59. The fourth-order valence-corrected chi connectivity index (χ4v) is 2.35. The van der Waals surface area contributed by atoms with Gasteiger partial charge in [-0.15, -0.1) is 6.58 Å². The Kier molecular flexibility index (Phi) is 5.73. The maximum Gasteiger partial charge on any atom is 0.411 e. The van der Waals surface area contributed by atoms with Crippen LogP contribution in [0.15, 0.2) is 49.1 Å². The minimum atomic E-state index is -0.963. The van der Waals surface area contributed by atoms with E-state index in [9.17, 15) is 14.7 Å². The number of carbonyl (C=O) groups is 2. The molecule has 25 heavy (non-hydrogen) atoms. The van der Waals surface area contributed by atoms with Crippen molar-refractivity contribution in [1.82, 2.24) is 4.98 Å². The summed E-state index contributed by atoms with van der Waals surface area (Å²) in [6.07, 6.45) is 1.24. The summed E-state index contributed by atoms with van der Waals surface area (Å²) in [5.41, 5.74) is 8.55. The number of nitrogens with two attached hydrogens (primary N) is 1. The molecule has 130 valence electrons. The highest BCUT2D eigenvalue weighted by Gasteiger charge is 2.20. The second-order valence-electron chi connectivity index (χ2n) is 5.28. The summed E-state index contributed by atoms with van der Waals surface area (Å²) >= 11 is 0. The number of pyridine rings is 1. The van der Waals surface area contributed by atoms with Gasteiger partial charge in [0.15, 0.2) is 0 Å². The molecule has 0 saturated carbocycles. The van der Waals surface area contributed by atoms with Gasteiger partial charge in [0.2, 0.25) is 0 Å². The lowest BCUT2D eigenvalue weighted by Gasteiger charge is -2.13. The van der Waals surface area contributed by atoms with Crippen molar-refractivity contribution in [3.63, 3.8) is 0 Å². The summed E-state index contributed by atoms with van der Waals surface area (Å²) in [4.78, 5) is 27.1. The first-order valence-corrected chi connectivity index (χ1v) is 7.51. The molecule has 1 aromatic carbocycles. The Morgan fingerprint density at radius 1 is 1.40 bits per heavy atom. The van der Waals surface area contributed by atoms with Crippen LogP contribution in [0, 0.1) is 0 Å². The number of nitrogens with zero attached hydrogens (tertiary/aromatic N) is 1. The third kappa shape index (κ3) is 4.35. The van der Waals surface area contributed by atoms with Gasteiger partial charge < -0.3 is 15.6 Å². The highest BCUT2D eigenvalue weighted by molar-refractivity contribution is 5.87. The number of carboxylic acid groups (broad SMARTS) is 1. The topological polar surface area (TPSA) is 115 Å². The van der Waals surface area contributed by atoms with Crippen molar-refractivity contribution in [2.24, 2.45) is 0 Å². The van der Waals surface area contributed by atoms with Crippen molar-refractivity contribution >= 4 is 23.4 Å². The molecule has 1 amide bonds. The number of hydrogen-bond donors (Lipinski definition) is 3. The number of carboxylic acids is 1. The first kappa shape index (κ1) is 18.0. The zero-order chi connectivity index (χ0) is 18.4. The number of allylic oxidation sites excluding steroid dienone is 1. The third-order valence-electron chi connectivity index (χ3n) is 3.59. The fourth-order valence-electron chi connectivity index (χ4n) is 2.35. The van der Waals surface area contributed by atoms with Crippen LogP contribution in [0.3, 0.4) is 0 Å². The molecule has 0 bridgehead atoms. The number of aromatic nitrogens is 1. The zero-order valence-electron chi connectivity index (χ0n) is 13.7. The molecule has 1 unspecified atom stereocenters. The lowest BCUT2D eigenvalue weighted by atomic mass is 9.99. The molecule has 1 aromatic heterocycles. The minimum absolute atomic E-state index is 0.281. The van der Waals surface area contributed by atoms with Crippen LogP contribution in [-0.2, 0) is 9.53 Å². The molecule has 1 heterocycles. The van der Waals surface area contributed by atoms with Crippen LogP contribution in [0.25, 0.3) is 11.3 Å². The molecule has 2 rings (SSSR count). The van der Waals surface area contributed by atoms with Crippen molar-refractivity contribution in [3.8, 4) is 11.3 Å². The lowest BCUT2D eigenvalue weighted by molar-refractivity contribution is -0.138. The Morgan fingerprint density at radius 2 is 2.16 bits per heavy atom. The molecule has 4 N–H and O–H groups in total. The van der Waals surface area contributed by atoms with E-state index in [1.807, 2.05) is 0 Å². The molecule has 7 heteroatoms. The molecule has 7 nitrogen and oxygen atoms in total. The van der Waals surface area contributed by atoms with Crippen LogP contribution in [0.2, 0.25) is 0 Å². The van der Waals surface area contributed by atoms with Gasteiger partial charge in [-0.05, 0) is 36.8 Å². The van der Waals surface area contributed by atoms with Gasteiger partial charge in [0, 0.05) is 16.9 Å². The number of anilines is 2. The Balaban J connectivity index is 2.35. The van der Waals surface area contributed by atoms with Gasteiger partial charge >= 0.3 is 12.1 Å². The molecule has 0 radical (unpaired) electrons. The molecule has 0 fully saturated rings. The van der Waals surface area contributed by atoms with Gasteiger partial charge in [-0.2, -0.15) is 0 Å². The molecular formula is C18H19N3O4. The average Bonchev–Trinajstić information content (AvgIpc) is 2.59. The van der Waals surface area contributed by atoms with Crippen molar-refractivity contribution in [1.29, 1.82) is 0 Å². The number of hydrogen-bond acceptors (Lipinski definition) is 5. The third-order valence-corrected chi connectivity index (χ3v) is 3.59. The second kappa shape index (κ2) is 7.96. The van der Waals surface area contributed by atoms with E-state index < -0.39 is 18.0 Å². The summed E-state index contributed by atoms with van der Waals surface area (Å²) in [7, 11) is 1.27. The van der Waals surface area contributed by atoms with Crippen LogP contribution in [0.4, 0.5) is 16.2 Å². The summed E-state index contributed by atoms with van der Waals surface area (Å²) in [5.74, 6) is -1.73. The molecule has 1 atom stereocenters. The molecular weight excluding hydrogens is 322 g/mol. The largest absolute Gasteiger partial charge is 0.481 e. The summed E-state index contributed by atoms with van der Waals surface area (Å²) < 4.78 is 4.53. The number of ether oxygens (including phenoxy) is 1. The number of carbonyl (C=O) groups excluding carboxylic acids is 1. The standard InChI is InChI=1S/C18H19N3O4/c1-3-5-13(17(22)23)16-7-4-6-15(21-16)12-9-8-11(10-14(12)19)20-18(24)25-2/h3-4,6-10,13H,1,5,19H2,2H3,(H,20,24)(H,22,23). The van der Waals surface area contributed by atoms with Crippen LogP contribution in [-0.4, -0.2) is 29.3 Å². The highest BCUT2D eigenvalue weighted by Crippen LogP contribution is 2.29. The van der Waals surface area contributed by atoms with E-state index in [0.717, 1.165) is 0 Å². The van der Waals surface area contributed by atoms with Gasteiger partial charge in [-0.1, -0.05) is 12.1 Å². The van der Waals surface area contributed by atoms with E-state index in [-0.39, 0.29) is 6.42 Å². The van der Waals surface area contributed by atoms with Crippen LogP contribution in [0.1, 0.15) is 18.0 Å². The number of nitrogens with one attached hydrogen (secondary N) is 1. The van der Waals surface area contributed by atoms with Crippen molar-refractivity contribution < 1.29 is 19.4 Å². The van der Waals surface area contributed by atoms with Crippen LogP contribution >= 0.6 is 0 Å². The Morgan fingerprint density at radius 3 is 2.76 bits per heavy atom. The SMILES string of the molecule is C=CCC(C(=O)O)c1cccc(-c2ccc(NC(=O)OC)cc2N)n1. The van der Waals surface area contributed by atoms with Crippen LogP contribution < -0.4 is 11.1 Å². The van der Waals surface area contributed by atoms with E-state index in [1.165, 1.54) is 7.11 Å². The maximum atomic E-state index is 11.4. The van der Waals surface area contributed by atoms with Crippen molar-refractivity contribution in [2.45, 2.75) is 12.3 Å². The Labute approximate surface area is 145 Å². The number of methoxy groups -OCH3 is 1. The van der Waals surface area contributed by atoms with E-state index in [1.54, 1.807) is 42.5 Å². The molecule has 0 aliphatic rings. The summed E-state index contributed by atoms with van der Waals surface area (Å²) in [6, 6.07) is 10.1. The number of aliphatic carboxylic acids is 1. The predicted octanol–water partition coefficient (Wildman–Crippen LogP) is 3.25. The number of rotatable bonds is 6. The monoisotopic (exact) mass is 341 g/mol. The molecule has 0 spiro atoms. The Hall–Kier alpha value is -3.35. The first-order chi connectivity index (χ1) is 12.0. The normalized spacial score (nSPS) is 11.4. The molecule has 0 saturated heterocycles. The highest BCUT2D eigenvalue weighted by atomic mass is 16.5. The zero-order valence-corrected chi connectivity index (χ0v) is 13.7. The minimum Gasteiger partial charge on any atom is -0.481 e. The van der Waals surface area contributed by atoms with E-state index >= 15 is 0 Å². The van der Waals surface area contributed by atoms with Gasteiger partial charge in [0.25, 0.3) is 0 Å². The quantitative estimate of drug-likeness (QED) is 0.549. The molecule has 0 aliphatic carbocycles. The molecule has 2 aromatic rings. The van der Waals surface area contributed by atoms with Crippen LogP contribution in [0.5, 0.6) is 0 Å². The van der Waals surface area contributed by atoms with Crippen molar-refractivity contribution in [2.75, 3.05) is 18.2 Å². The number of amides is 1. The Bertz CT molecular complexity index is 805. The first-order valence-electron chi connectivity index (χ1n) is 7.51. The van der Waals surface area contributed by atoms with Gasteiger partial charge in [-0.3, -0.25) is 15.1 Å².